The lowest BCUT2D eigenvalue weighted by molar-refractivity contribution is -0.159. The summed E-state index contributed by atoms with van der Waals surface area (Å²) in [4.78, 5) is 24.5. The summed E-state index contributed by atoms with van der Waals surface area (Å²) in [6.07, 6.45) is 2.35. The number of hydrogen-bond acceptors (Lipinski definition) is 4. The highest BCUT2D eigenvalue weighted by atomic mass is 16.5. The van der Waals surface area contributed by atoms with Crippen LogP contribution in [-0.4, -0.2) is 52.2 Å². The van der Waals surface area contributed by atoms with Crippen molar-refractivity contribution in [1.29, 1.82) is 0 Å². The van der Waals surface area contributed by atoms with Crippen molar-refractivity contribution in [3.05, 3.63) is 0 Å². The molecule has 3 unspecified atom stereocenters. The Balaban J connectivity index is 2.08. The average molecular weight is 284 g/mol. The third-order valence-electron chi connectivity index (χ3n) is 4.69. The molecule has 0 radical (unpaired) electrons. The Bertz CT molecular complexity index is 414. The molecule has 2 rings (SSSR count). The number of nitrogens with two attached hydrogens (primary N) is 1. The molecule has 3 N–H and O–H groups in total. The first-order valence-corrected chi connectivity index (χ1v) is 7.30. The number of amides is 1. The van der Waals surface area contributed by atoms with E-state index in [1.54, 1.807) is 0 Å². The van der Waals surface area contributed by atoms with Gasteiger partial charge in [-0.25, -0.2) is 4.79 Å². The van der Waals surface area contributed by atoms with Gasteiger partial charge in [0.05, 0.1) is 11.6 Å². The molecule has 3 atom stereocenters. The van der Waals surface area contributed by atoms with Crippen molar-refractivity contribution in [1.82, 2.24) is 4.90 Å². The van der Waals surface area contributed by atoms with E-state index in [1.165, 1.54) is 4.90 Å². The maximum absolute atomic E-state index is 12.2. The van der Waals surface area contributed by atoms with Crippen molar-refractivity contribution in [2.45, 2.75) is 63.2 Å². The maximum Gasteiger partial charge on any atom is 0.407 e. The summed E-state index contributed by atoms with van der Waals surface area (Å²) in [6, 6.07) is -0.372. The molecule has 0 aliphatic carbocycles. The smallest absolute Gasteiger partial charge is 0.407 e. The lowest BCUT2D eigenvalue weighted by Crippen LogP contribution is -2.61. The van der Waals surface area contributed by atoms with Crippen LogP contribution in [0.4, 0.5) is 4.79 Å². The van der Waals surface area contributed by atoms with E-state index >= 15 is 0 Å². The van der Waals surface area contributed by atoms with Crippen LogP contribution in [0.5, 0.6) is 0 Å². The van der Waals surface area contributed by atoms with E-state index in [0.717, 1.165) is 12.8 Å². The van der Waals surface area contributed by atoms with Gasteiger partial charge < -0.3 is 20.5 Å². The summed E-state index contributed by atoms with van der Waals surface area (Å²) >= 11 is 0. The van der Waals surface area contributed by atoms with Gasteiger partial charge in [-0.15, -0.1) is 0 Å². The summed E-state index contributed by atoms with van der Waals surface area (Å²) in [5.74, 6) is 0.129. The number of nitrogens with zero attached hydrogens (tertiary/aromatic N) is 1. The fourth-order valence-electron chi connectivity index (χ4n) is 3.30. The monoisotopic (exact) mass is 284 g/mol. The van der Waals surface area contributed by atoms with Crippen molar-refractivity contribution in [2.75, 3.05) is 13.1 Å². The molecule has 0 saturated carbocycles. The minimum absolute atomic E-state index is 0.129. The van der Waals surface area contributed by atoms with Gasteiger partial charge in [-0.3, -0.25) is 4.79 Å². The molecule has 0 aromatic heterocycles. The van der Waals surface area contributed by atoms with Crippen molar-refractivity contribution >= 4 is 11.9 Å². The Labute approximate surface area is 119 Å². The molecular weight excluding hydrogens is 260 g/mol. The quantitative estimate of drug-likeness (QED) is 0.816. The number of likely N-dealkylation sites (tertiary alicyclic amines) is 1. The molecule has 0 aromatic carbocycles. The second-order valence-corrected chi connectivity index (χ2v) is 6.16. The molecule has 2 fully saturated rings. The largest absolute Gasteiger partial charge is 0.465 e. The first kappa shape index (κ1) is 15.3. The van der Waals surface area contributed by atoms with Crippen LogP contribution in [0, 0.1) is 0 Å². The topological polar surface area (TPSA) is 92.9 Å². The third kappa shape index (κ3) is 2.54. The summed E-state index contributed by atoms with van der Waals surface area (Å²) in [5, 5.41) is 9.02. The van der Waals surface area contributed by atoms with Crippen LogP contribution >= 0.6 is 0 Å². The Morgan fingerprint density at radius 1 is 1.40 bits per heavy atom. The van der Waals surface area contributed by atoms with Gasteiger partial charge >= 0.3 is 6.09 Å². The highest BCUT2D eigenvalue weighted by molar-refractivity contribution is 5.87. The molecule has 2 heterocycles. The van der Waals surface area contributed by atoms with E-state index in [4.69, 9.17) is 15.6 Å². The molecular formula is C14H24N2O4. The molecule has 0 bridgehead atoms. The van der Waals surface area contributed by atoms with Gasteiger partial charge in [0.25, 0.3) is 0 Å². The van der Waals surface area contributed by atoms with Crippen molar-refractivity contribution in [3.63, 3.8) is 0 Å². The van der Waals surface area contributed by atoms with E-state index in [2.05, 4.69) is 0 Å². The number of Topliss-reactive ketones (excluding diaryl/α,β-unsaturated/α-hetero) is 1. The van der Waals surface area contributed by atoms with Gasteiger partial charge in [-0.05, 0) is 32.6 Å². The van der Waals surface area contributed by atoms with Gasteiger partial charge in [-0.1, -0.05) is 6.92 Å². The normalized spacial score (nSPS) is 37.4. The Morgan fingerprint density at radius 2 is 2.10 bits per heavy atom. The number of ketones is 1. The zero-order valence-electron chi connectivity index (χ0n) is 12.2. The fourth-order valence-corrected chi connectivity index (χ4v) is 3.30. The van der Waals surface area contributed by atoms with E-state index in [1.807, 2.05) is 13.8 Å². The van der Waals surface area contributed by atoms with E-state index in [9.17, 15) is 9.59 Å². The number of rotatable bonds is 3. The summed E-state index contributed by atoms with van der Waals surface area (Å²) < 4.78 is 6.14. The van der Waals surface area contributed by atoms with E-state index < -0.39 is 17.3 Å². The van der Waals surface area contributed by atoms with Gasteiger partial charge in [0, 0.05) is 19.5 Å². The Hall–Kier alpha value is -1.14. The van der Waals surface area contributed by atoms with Crippen LogP contribution in [0.2, 0.25) is 0 Å². The minimum Gasteiger partial charge on any atom is -0.465 e. The zero-order chi connectivity index (χ0) is 15.0. The molecule has 0 aromatic rings. The first-order valence-electron chi connectivity index (χ1n) is 7.30. The molecule has 2 aliphatic heterocycles. The first-order chi connectivity index (χ1) is 9.33. The predicted octanol–water partition coefficient (Wildman–Crippen LogP) is 1.37. The molecule has 114 valence electrons. The van der Waals surface area contributed by atoms with Gasteiger partial charge in [0.2, 0.25) is 0 Å². The number of carbonyl (C=O) groups is 2. The predicted molar refractivity (Wildman–Crippen MR) is 73.6 cm³/mol. The second kappa shape index (κ2) is 5.33. The molecule has 1 amide bonds. The van der Waals surface area contributed by atoms with E-state index in [-0.39, 0.29) is 18.4 Å². The van der Waals surface area contributed by atoms with Gasteiger partial charge in [0.15, 0.2) is 5.78 Å². The van der Waals surface area contributed by atoms with Crippen LogP contribution in [0.3, 0.4) is 0 Å². The van der Waals surface area contributed by atoms with Gasteiger partial charge in [-0.2, -0.15) is 0 Å². The average Bonchev–Trinajstić information content (AvgIpc) is 2.73. The van der Waals surface area contributed by atoms with Crippen molar-refractivity contribution < 1.29 is 19.4 Å². The van der Waals surface area contributed by atoms with Crippen molar-refractivity contribution in [3.8, 4) is 0 Å². The van der Waals surface area contributed by atoms with Crippen molar-refractivity contribution in [2.24, 2.45) is 5.73 Å². The molecule has 2 aliphatic rings. The van der Waals surface area contributed by atoms with Gasteiger partial charge in [0.1, 0.15) is 5.60 Å². The number of carbonyl (C=O) groups excluding carboxylic acids is 1. The Kier molecular flexibility index (Phi) is 4.07. The van der Waals surface area contributed by atoms with Crippen LogP contribution in [0.1, 0.15) is 46.0 Å². The second-order valence-electron chi connectivity index (χ2n) is 6.16. The summed E-state index contributed by atoms with van der Waals surface area (Å²) in [6.45, 7) is 4.51. The minimum atomic E-state index is -0.946. The standard InChI is InChI=1S/C14H24N2O4/c1-3-4-11(17)13(2)5-6-14(20-13)7-8-16(12(18)19)9-10(14)15/h10H,3-9,15H2,1-2H3,(H,18,19). The third-order valence-corrected chi connectivity index (χ3v) is 4.69. The highest BCUT2D eigenvalue weighted by Crippen LogP contribution is 2.44. The summed E-state index contributed by atoms with van der Waals surface area (Å²) in [5.41, 5.74) is 4.87. The lowest BCUT2D eigenvalue weighted by Gasteiger charge is -2.43. The van der Waals surface area contributed by atoms with Crippen LogP contribution < -0.4 is 5.73 Å². The SMILES string of the molecule is CCCC(=O)C1(C)CCC2(CCN(C(=O)O)CC2N)O1. The fraction of sp³-hybridized carbons (Fsp3) is 0.857. The number of piperidine rings is 1. The molecule has 6 heteroatoms. The molecule has 1 spiro atoms. The highest BCUT2D eigenvalue weighted by Gasteiger charge is 2.54. The molecule has 20 heavy (non-hydrogen) atoms. The number of ether oxygens (including phenoxy) is 1. The number of hydrogen-bond donors (Lipinski definition) is 2. The van der Waals surface area contributed by atoms with Crippen LogP contribution in [0.15, 0.2) is 0 Å². The molecule has 2 saturated heterocycles. The van der Waals surface area contributed by atoms with E-state index in [0.29, 0.717) is 25.8 Å². The maximum atomic E-state index is 12.2. The number of carboxylic acid groups (broad SMARTS) is 1. The zero-order valence-corrected chi connectivity index (χ0v) is 12.2. The van der Waals surface area contributed by atoms with Crippen LogP contribution in [-0.2, 0) is 9.53 Å². The summed E-state index contributed by atoms with van der Waals surface area (Å²) in [7, 11) is 0. The van der Waals surface area contributed by atoms with Crippen LogP contribution in [0.25, 0.3) is 0 Å². The molecule has 6 nitrogen and oxygen atoms in total. The lowest BCUT2D eigenvalue weighted by atomic mass is 9.84. The Morgan fingerprint density at radius 3 is 2.65 bits per heavy atom.